The molecule has 26 heavy (non-hydrogen) atoms. The molecular formula is C8Cl2F14O2. The van der Waals surface area contributed by atoms with Gasteiger partial charge in [0.05, 0.1) is 0 Å². The Labute approximate surface area is 141 Å². The minimum atomic E-state index is -7.76. The van der Waals surface area contributed by atoms with E-state index in [0.29, 0.717) is 0 Å². The van der Waals surface area contributed by atoms with Crippen LogP contribution in [0.25, 0.3) is 0 Å². The SMILES string of the molecule is O=C(F)C(F)(OC(F)(C(F)(F)F)C(F)(F)C(F)(Cl)C(F)(F)Cl)C(F)(F)F. The maximum Gasteiger partial charge on any atom is 0.459 e. The van der Waals surface area contributed by atoms with Gasteiger partial charge in [-0.2, -0.15) is 57.1 Å². The zero-order valence-electron chi connectivity index (χ0n) is 10.9. The molecule has 0 aliphatic rings. The fourth-order valence-electron chi connectivity index (χ4n) is 1.08. The van der Waals surface area contributed by atoms with Crippen LogP contribution >= 0.6 is 23.2 Å². The van der Waals surface area contributed by atoms with Gasteiger partial charge in [0.25, 0.3) is 0 Å². The second-order valence-electron chi connectivity index (χ2n) is 4.21. The van der Waals surface area contributed by atoms with Crippen LogP contribution in [0.5, 0.6) is 0 Å². The van der Waals surface area contributed by atoms with Crippen molar-refractivity contribution < 1.29 is 71.0 Å². The number of carbonyl (C=O) groups is 1. The third-order valence-electron chi connectivity index (χ3n) is 2.42. The van der Waals surface area contributed by atoms with Crippen LogP contribution in [-0.2, 0) is 9.53 Å². The van der Waals surface area contributed by atoms with Crippen LogP contribution in [0.2, 0.25) is 0 Å². The van der Waals surface area contributed by atoms with Crippen molar-refractivity contribution in [2.75, 3.05) is 0 Å². The van der Waals surface area contributed by atoms with Gasteiger partial charge >= 0.3 is 46.5 Å². The van der Waals surface area contributed by atoms with Crippen LogP contribution < -0.4 is 0 Å². The maximum atomic E-state index is 13.6. The van der Waals surface area contributed by atoms with Gasteiger partial charge in [0.2, 0.25) is 0 Å². The Morgan fingerprint density at radius 3 is 1.23 bits per heavy atom. The summed E-state index contributed by atoms with van der Waals surface area (Å²) in [5.41, 5.74) is 0. The molecule has 0 aliphatic heterocycles. The van der Waals surface area contributed by atoms with Crippen molar-refractivity contribution >= 4 is 29.2 Å². The number of rotatable bonds is 6. The lowest BCUT2D eigenvalue weighted by Gasteiger charge is -2.42. The molecule has 0 heterocycles. The third-order valence-corrected chi connectivity index (χ3v) is 3.25. The molecule has 2 nitrogen and oxygen atoms in total. The van der Waals surface area contributed by atoms with Gasteiger partial charge in [0.15, 0.2) is 0 Å². The van der Waals surface area contributed by atoms with E-state index in [-0.39, 0.29) is 0 Å². The Hall–Kier alpha value is -0.770. The molecular weight excluding hydrogens is 465 g/mol. The van der Waals surface area contributed by atoms with Crippen molar-refractivity contribution in [3.05, 3.63) is 0 Å². The molecule has 0 aromatic heterocycles. The number of carbonyl (C=O) groups excluding carboxylic acids is 1. The minimum Gasteiger partial charge on any atom is -0.281 e. The van der Waals surface area contributed by atoms with E-state index in [1.54, 1.807) is 4.74 Å². The molecule has 18 heteroatoms. The molecule has 0 N–H and O–H groups in total. The lowest BCUT2D eigenvalue weighted by atomic mass is 10.0. The van der Waals surface area contributed by atoms with E-state index in [1.807, 2.05) is 0 Å². The Kier molecular flexibility index (Phi) is 6.20. The molecule has 0 rings (SSSR count). The van der Waals surface area contributed by atoms with Gasteiger partial charge in [-0.3, -0.25) is 9.53 Å². The predicted octanol–water partition coefficient (Wildman–Crippen LogP) is 5.33. The van der Waals surface area contributed by atoms with Crippen molar-refractivity contribution in [1.82, 2.24) is 0 Å². The number of ether oxygens (including phenoxy) is 1. The first-order valence-electron chi connectivity index (χ1n) is 5.14. The van der Waals surface area contributed by atoms with Crippen LogP contribution in [0.4, 0.5) is 61.5 Å². The minimum absolute atomic E-state index is 1.59. The van der Waals surface area contributed by atoms with Gasteiger partial charge in [0, 0.05) is 0 Å². The molecule has 0 aromatic rings. The highest BCUT2D eigenvalue weighted by atomic mass is 35.5. The summed E-state index contributed by atoms with van der Waals surface area (Å²) in [6.07, 6.45) is -15.0. The monoisotopic (exact) mass is 464 g/mol. The lowest BCUT2D eigenvalue weighted by molar-refractivity contribution is -0.473. The Balaban J connectivity index is 6.75. The summed E-state index contributed by atoms with van der Waals surface area (Å²) in [6.45, 7) is 0. The largest absolute Gasteiger partial charge is 0.459 e. The second-order valence-corrected chi connectivity index (χ2v) is 5.20. The van der Waals surface area contributed by atoms with E-state index in [9.17, 15) is 66.3 Å². The van der Waals surface area contributed by atoms with Crippen molar-refractivity contribution in [2.45, 2.75) is 40.5 Å². The quantitative estimate of drug-likeness (QED) is 0.302. The third kappa shape index (κ3) is 3.63. The van der Waals surface area contributed by atoms with Gasteiger partial charge in [0.1, 0.15) is 0 Å². The van der Waals surface area contributed by atoms with E-state index >= 15 is 0 Å². The summed E-state index contributed by atoms with van der Waals surface area (Å²) in [5, 5.41) is -13.0. The van der Waals surface area contributed by atoms with Gasteiger partial charge in [-0.05, 0) is 11.6 Å². The molecule has 0 radical (unpaired) electrons. The highest BCUT2D eigenvalue weighted by Crippen LogP contribution is 2.60. The van der Waals surface area contributed by atoms with Gasteiger partial charge in [-0.15, -0.1) is 0 Å². The first kappa shape index (κ1) is 25.2. The second kappa shape index (κ2) is 6.39. The Morgan fingerprint density at radius 2 is 1.04 bits per heavy atom. The molecule has 0 fully saturated rings. The predicted molar refractivity (Wildman–Crippen MR) is 52.4 cm³/mol. The van der Waals surface area contributed by atoms with E-state index < -0.39 is 46.5 Å². The lowest BCUT2D eigenvalue weighted by Crippen LogP contribution is -2.71. The molecule has 0 aromatic carbocycles. The van der Waals surface area contributed by atoms with E-state index in [1.165, 1.54) is 0 Å². The zero-order valence-corrected chi connectivity index (χ0v) is 12.4. The average molecular weight is 465 g/mol. The Bertz CT molecular complexity index is 551. The summed E-state index contributed by atoms with van der Waals surface area (Å²) in [5.74, 6) is -22.6. The molecule has 0 saturated carbocycles. The Morgan fingerprint density at radius 1 is 0.692 bits per heavy atom. The van der Waals surface area contributed by atoms with Gasteiger partial charge in [-0.1, -0.05) is 11.6 Å². The molecule has 0 amide bonds. The van der Waals surface area contributed by atoms with Crippen LogP contribution in [0, 0.1) is 0 Å². The number of hydrogen-bond donors (Lipinski definition) is 0. The smallest absolute Gasteiger partial charge is 0.281 e. The standard InChI is InChI=1S/C8Cl2F14O2/c9-3(13,6(10,17)18)4(14,15)5(16,8(22,23)24)26-2(12,1(11)25)7(19,20)21. The molecule has 0 aliphatic carbocycles. The number of hydrogen-bond acceptors (Lipinski definition) is 2. The number of halogens is 16. The summed E-state index contributed by atoms with van der Waals surface area (Å²) in [7, 11) is 0. The van der Waals surface area contributed by atoms with Crippen LogP contribution in [0.1, 0.15) is 0 Å². The van der Waals surface area contributed by atoms with E-state index in [0.717, 1.165) is 0 Å². The summed E-state index contributed by atoms with van der Waals surface area (Å²) >= 11 is 7.34. The first-order chi connectivity index (χ1) is 10.9. The van der Waals surface area contributed by atoms with Gasteiger partial charge < -0.3 is 0 Å². The average Bonchev–Trinajstić information content (AvgIpc) is 2.33. The van der Waals surface area contributed by atoms with E-state index in [4.69, 9.17) is 0 Å². The summed E-state index contributed by atoms with van der Waals surface area (Å²) in [6, 6.07) is -4.66. The van der Waals surface area contributed by atoms with Crippen molar-refractivity contribution in [1.29, 1.82) is 0 Å². The molecule has 3 atom stereocenters. The summed E-state index contributed by atoms with van der Waals surface area (Å²) in [4.78, 5) is 9.92. The first-order valence-corrected chi connectivity index (χ1v) is 5.89. The molecule has 0 bridgehead atoms. The van der Waals surface area contributed by atoms with Crippen LogP contribution in [-0.4, -0.2) is 46.5 Å². The topological polar surface area (TPSA) is 26.3 Å². The highest BCUT2D eigenvalue weighted by molar-refractivity contribution is 6.33. The molecule has 0 spiro atoms. The zero-order chi connectivity index (χ0) is 21.8. The molecule has 156 valence electrons. The van der Waals surface area contributed by atoms with Gasteiger partial charge in [-0.25, -0.2) is 4.39 Å². The molecule has 3 unspecified atom stereocenters. The van der Waals surface area contributed by atoms with E-state index in [2.05, 4.69) is 23.2 Å². The molecule has 0 saturated heterocycles. The van der Waals surface area contributed by atoms with Crippen LogP contribution in [0.3, 0.4) is 0 Å². The number of alkyl halides is 15. The normalized spacial score (nSPS) is 21.5. The maximum absolute atomic E-state index is 13.6. The fourth-order valence-corrected chi connectivity index (χ4v) is 1.32. The summed E-state index contributed by atoms with van der Waals surface area (Å²) < 4.78 is 179. The van der Waals surface area contributed by atoms with Crippen molar-refractivity contribution in [2.24, 2.45) is 0 Å². The van der Waals surface area contributed by atoms with Crippen molar-refractivity contribution in [3.8, 4) is 0 Å². The van der Waals surface area contributed by atoms with Crippen LogP contribution in [0.15, 0.2) is 0 Å². The fraction of sp³-hybridized carbons (Fsp3) is 0.875. The highest BCUT2D eigenvalue weighted by Gasteiger charge is 2.88. The van der Waals surface area contributed by atoms with Crippen molar-refractivity contribution in [3.63, 3.8) is 0 Å².